The number of aromatic nitrogens is 1. The smallest absolute Gasteiger partial charge is 0.220 e. The van der Waals surface area contributed by atoms with Crippen LogP contribution in [-0.4, -0.2) is 18.0 Å². The van der Waals surface area contributed by atoms with E-state index in [1.807, 2.05) is 6.07 Å². The molecule has 1 N–H and O–H groups in total. The molecule has 1 amide bonds. The van der Waals surface area contributed by atoms with Crippen LogP contribution in [0.4, 0.5) is 0 Å². The third-order valence-electron chi connectivity index (χ3n) is 4.83. The van der Waals surface area contributed by atoms with Crippen LogP contribution in [0.25, 0.3) is 0 Å². The zero-order valence-electron chi connectivity index (χ0n) is 12.0. The molecule has 2 bridgehead atoms. The van der Waals surface area contributed by atoms with E-state index in [-0.39, 0.29) is 5.91 Å². The number of nitrogens with zero attached hydrogens (tertiary/aromatic N) is 1. The number of hydrogen-bond acceptors (Lipinski definition) is 3. The molecule has 4 heteroatoms. The Bertz CT molecular complexity index is 489. The Morgan fingerprint density at radius 2 is 2.30 bits per heavy atom. The van der Waals surface area contributed by atoms with Gasteiger partial charge in [-0.2, -0.15) is 0 Å². The van der Waals surface area contributed by atoms with Crippen LogP contribution in [0.15, 0.2) is 18.5 Å². The number of rotatable bonds is 5. The van der Waals surface area contributed by atoms with Gasteiger partial charge >= 0.3 is 0 Å². The number of fused-ring (bicyclic) bond motifs is 2. The van der Waals surface area contributed by atoms with E-state index < -0.39 is 0 Å². The Morgan fingerprint density at radius 1 is 1.40 bits per heavy atom. The van der Waals surface area contributed by atoms with Gasteiger partial charge in [0.05, 0.1) is 13.3 Å². The standard InChI is InChI=1S/C16H22N2O2/c1-20-15-6-12(8-17-10-15)9-18-16(19)7-14-5-11-2-3-13(14)4-11/h6,8,10-11,13-14H,2-5,7,9H2,1H3,(H,18,19). The molecule has 3 rings (SSSR count). The lowest BCUT2D eigenvalue weighted by atomic mass is 9.86. The fourth-order valence-corrected chi connectivity index (χ4v) is 3.81. The molecule has 1 heterocycles. The minimum atomic E-state index is 0.172. The van der Waals surface area contributed by atoms with Crippen LogP contribution < -0.4 is 10.1 Å². The zero-order chi connectivity index (χ0) is 13.9. The minimum absolute atomic E-state index is 0.172. The molecule has 2 aliphatic carbocycles. The highest BCUT2D eigenvalue weighted by Gasteiger charge is 2.39. The van der Waals surface area contributed by atoms with Gasteiger partial charge in [-0.05, 0) is 48.6 Å². The summed E-state index contributed by atoms with van der Waals surface area (Å²) in [6, 6.07) is 1.91. The molecular weight excluding hydrogens is 252 g/mol. The van der Waals surface area contributed by atoms with Crippen LogP contribution in [0.1, 0.15) is 37.7 Å². The summed E-state index contributed by atoms with van der Waals surface area (Å²) in [4.78, 5) is 16.1. The van der Waals surface area contributed by atoms with E-state index in [4.69, 9.17) is 4.74 Å². The van der Waals surface area contributed by atoms with Crippen LogP contribution in [0.3, 0.4) is 0 Å². The Hall–Kier alpha value is -1.58. The molecule has 2 fully saturated rings. The SMILES string of the molecule is COc1cncc(CNC(=O)CC2CC3CCC2C3)c1. The molecular formula is C16H22N2O2. The topological polar surface area (TPSA) is 51.2 Å². The van der Waals surface area contributed by atoms with Gasteiger partial charge in [-0.1, -0.05) is 6.42 Å². The van der Waals surface area contributed by atoms with Gasteiger partial charge < -0.3 is 10.1 Å². The minimum Gasteiger partial charge on any atom is -0.495 e. The maximum Gasteiger partial charge on any atom is 0.220 e. The van der Waals surface area contributed by atoms with Crippen molar-refractivity contribution in [3.63, 3.8) is 0 Å². The van der Waals surface area contributed by atoms with Crippen LogP contribution in [0.5, 0.6) is 5.75 Å². The zero-order valence-corrected chi connectivity index (χ0v) is 12.0. The van der Waals surface area contributed by atoms with Gasteiger partial charge in [-0.15, -0.1) is 0 Å². The van der Waals surface area contributed by atoms with E-state index in [1.54, 1.807) is 19.5 Å². The average molecular weight is 274 g/mol. The van der Waals surface area contributed by atoms with Gasteiger partial charge in [-0.25, -0.2) is 0 Å². The molecule has 2 aliphatic rings. The molecule has 3 atom stereocenters. The van der Waals surface area contributed by atoms with Crippen LogP contribution in [0, 0.1) is 17.8 Å². The van der Waals surface area contributed by atoms with Crippen molar-refractivity contribution in [2.24, 2.45) is 17.8 Å². The van der Waals surface area contributed by atoms with Crippen molar-refractivity contribution in [1.82, 2.24) is 10.3 Å². The Morgan fingerprint density at radius 3 is 3.00 bits per heavy atom. The third kappa shape index (κ3) is 2.94. The van der Waals surface area contributed by atoms with E-state index in [1.165, 1.54) is 25.7 Å². The summed E-state index contributed by atoms with van der Waals surface area (Å²) in [6.07, 6.45) is 9.47. The molecule has 0 aromatic carbocycles. The fourth-order valence-electron chi connectivity index (χ4n) is 3.81. The first-order valence-electron chi connectivity index (χ1n) is 7.49. The highest BCUT2D eigenvalue weighted by atomic mass is 16.5. The summed E-state index contributed by atoms with van der Waals surface area (Å²) >= 11 is 0. The molecule has 1 aromatic heterocycles. The van der Waals surface area contributed by atoms with Crippen molar-refractivity contribution in [2.75, 3.05) is 7.11 Å². The Balaban J connectivity index is 1.47. The first-order valence-corrected chi connectivity index (χ1v) is 7.49. The van der Waals surface area contributed by atoms with Gasteiger partial charge in [0.1, 0.15) is 5.75 Å². The van der Waals surface area contributed by atoms with Crippen LogP contribution >= 0.6 is 0 Å². The molecule has 4 nitrogen and oxygen atoms in total. The summed E-state index contributed by atoms with van der Waals surface area (Å²) in [5.74, 6) is 3.23. The second kappa shape index (κ2) is 5.81. The van der Waals surface area contributed by atoms with Gasteiger partial charge in [-0.3, -0.25) is 9.78 Å². The van der Waals surface area contributed by atoms with Crippen molar-refractivity contribution in [3.05, 3.63) is 24.0 Å². The highest BCUT2D eigenvalue weighted by Crippen LogP contribution is 2.49. The van der Waals surface area contributed by atoms with Crippen LogP contribution in [0.2, 0.25) is 0 Å². The van der Waals surface area contributed by atoms with Gasteiger partial charge in [0.15, 0.2) is 0 Å². The first-order chi connectivity index (χ1) is 9.74. The molecule has 20 heavy (non-hydrogen) atoms. The van der Waals surface area contributed by atoms with Gasteiger partial charge in [0, 0.05) is 19.2 Å². The van der Waals surface area contributed by atoms with E-state index in [0.29, 0.717) is 18.9 Å². The average Bonchev–Trinajstić information content (AvgIpc) is 3.08. The second-order valence-corrected chi connectivity index (χ2v) is 6.15. The number of carbonyl (C=O) groups is 1. The monoisotopic (exact) mass is 274 g/mol. The lowest BCUT2D eigenvalue weighted by Gasteiger charge is -2.20. The summed E-state index contributed by atoms with van der Waals surface area (Å²) < 4.78 is 5.13. The highest BCUT2D eigenvalue weighted by molar-refractivity contribution is 5.76. The van der Waals surface area contributed by atoms with E-state index in [2.05, 4.69) is 10.3 Å². The number of methoxy groups -OCH3 is 1. The molecule has 0 aliphatic heterocycles. The molecule has 0 saturated heterocycles. The lowest BCUT2D eigenvalue weighted by molar-refractivity contribution is -0.122. The van der Waals surface area contributed by atoms with Crippen molar-refractivity contribution < 1.29 is 9.53 Å². The van der Waals surface area contributed by atoms with Crippen molar-refractivity contribution in [1.29, 1.82) is 0 Å². The predicted molar refractivity (Wildman–Crippen MR) is 76.2 cm³/mol. The maximum absolute atomic E-state index is 12.0. The van der Waals surface area contributed by atoms with Gasteiger partial charge in [0.25, 0.3) is 0 Å². The van der Waals surface area contributed by atoms with Gasteiger partial charge in [0.2, 0.25) is 5.91 Å². The number of amides is 1. The number of ether oxygens (including phenoxy) is 1. The number of carbonyl (C=O) groups excluding carboxylic acids is 1. The van der Waals surface area contributed by atoms with Crippen molar-refractivity contribution >= 4 is 5.91 Å². The van der Waals surface area contributed by atoms with E-state index >= 15 is 0 Å². The Kier molecular flexibility index (Phi) is 3.90. The normalized spacial score (nSPS) is 27.6. The summed E-state index contributed by atoms with van der Waals surface area (Å²) in [5, 5.41) is 3.00. The molecule has 0 spiro atoms. The van der Waals surface area contributed by atoms with E-state index in [0.717, 1.165) is 23.1 Å². The Labute approximate surface area is 119 Å². The molecule has 0 radical (unpaired) electrons. The molecule has 2 saturated carbocycles. The summed E-state index contributed by atoms with van der Waals surface area (Å²) in [6.45, 7) is 0.532. The molecule has 3 unspecified atom stereocenters. The third-order valence-corrected chi connectivity index (χ3v) is 4.83. The largest absolute Gasteiger partial charge is 0.495 e. The second-order valence-electron chi connectivity index (χ2n) is 6.15. The van der Waals surface area contributed by atoms with Crippen LogP contribution in [-0.2, 0) is 11.3 Å². The number of nitrogens with one attached hydrogen (secondary N) is 1. The number of pyridine rings is 1. The first kappa shape index (κ1) is 13.4. The predicted octanol–water partition coefficient (Wildman–Crippen LogP) is 2.53. The fraction of sp³-hybridized carbons (Fsp3) is 0.625. The quantitative estimate of drug-likeness (QED) is 0.897. The molecule has 1 aromatic rings. The van der Waals surface area contributed by atoms with Crippen molar-refractivity contribution in [3.8, 4) is 5.75 Å². The van der Waals surface area contributed by atoms with Crippen molar-refractivity contribution in [2.45, 2.75) is 38.6 Å². The van der Waals surface area contributed by atoms with E-state index in [9.17, 15) is 4.79 Å². The summed E-state index contributed by atoms with van der Waals surface area (Å²) in [5.41, 5.74) is 0.977. The maximum atomic E-state index is 12.0. The molecule has 108 valence electrons. The number of hydrogen-bond donors (Lipinski definition) is 1. The summed E-state index contributed by atoms with van der Waals surface area (Å²) in [7, 11) is 1.62. The lowest BCUT2D eigenvalue weighted by Crippen LogP contribution is -2.26.